The van der Waals surface area contributed by atoms with E-state index in [0.717, 1.165) is 0 Å². The first-order valence-electron chi connectivity index (χ1n) is 4.33. The van der Waals surface area contributed by atoms with E-state index in [9.17, 15) is 4.79 Å². The van der Waals surface area contributed by atoms with Gasteiger partial charge in [-0.3, -0.25) is 4.79 Å². The Morgan fingerprint density at radius 1 is 1.38 bits per heavy atom. The number of hydrogen-bond acceptors (Lipinski definition) is 4. The summed E-state index contributed by atoms with van der Waals surface area (Å²) in [7, 11) is 0. The molecule has 0 saturated carbocycles. The maximum absolute atomic E-state index is 10.8. The van der Waals surface area contributed by atoms with Gasteiger partial charge < -0.3 is 14.6 Å². The van der Waals surface area contributed by atoms with E-state index in [1.807, 2.05) is 13.8 Å². The molecule has 13 heavy (non-hydrogen) atoms. The lowest BCUT2D eigenvalue weighted by Gasteiger charge is -2.33. The fraction of sp³-hybridized carbons (Fsp3) is 0.889. The number of hydrogen-bond donors (Lipinski definition) is 1. The molecule has 4 heteroatoms. The predicted molar refractivity (Wildman–Crippen MR) is 47.8 cm³/mol. The highest BCUT2D eigenvalue weighted by Gasteiger charge is 2.34. The van der Waals surface area contributed by atoms with Crippen LogP contribution in [-0.4, -0.2) is 23.2 Å². The summed E-state index contributed by atoms with van der Waals surface area (Å²) < 4.78 is 10.1. The number of esters is 1. The summed E-state index contributed by atoms with van der Waals surface area (Å²) >= 11 is 0. The minimum absolute atomic E-state index is 0.0222. The normalized spacial score (nSPS) is 18.1. The molecule has 0 saturated heterocycles. The number of aliphatic hydroxyl groups excluding tert-OH is 1. The highest BCUT2D eigenvalue weighted by Crippen LogP contribution is 2.24. The van der Waals surface area contributed by atoms with Gasteiger partial charge in [0.2, 0.25) is 5.79 Å². The van der Waals surface area contributed by atoms with Crippen LogP contribution in [0.4, 0.5) is 0 Å². The SMILES string of the molecule is CC(=O)OC(C)(OC(C)O)C(C)C. The topological polar surface area (TPSA) is 55.8 Å². The van der Waals surface area contributed by atoms with Crippen molar-refractivity contribution in [3.8, 4) is 0 Å². The maximum atomic E-state index is 10.8. The second-order valence-electron chi connectivity index (χ2n) is 3.48. The number of aliphatic hydroxyl groups is 1. The average Bonchev–Trinajstić information content (AvgIpc) is 1.82. The van der Waals surface area contributed by atoms with Crippen molar-refractivity contribution in [2.24, 2.45) is 5.92 Å². The summed E-state index contributed by atoms with van der Waals surface area (Å²) in [5, 5.41) is 9.04. The second kappa shape index (κ2) is 4.58. The molecule has 0 aliphatic rings. The first kappa shape index (κ1) is 12.4. The Kier molecular flexibility index (Phi) is 4.36. The first-order chi connectivity index (χ1) is 5.78. The van der Waals surface area contributed by atoms with Crippen LogP contribution in [0.1, 0.15) is 34.6 Å². The number of carbonyl (C=O) groups is 1. The second-order valence-corrected chi connectivity index (χ2v) is 3.48. The van der Waals surface area contributed by atoms with E-state index in [1.165, 1.54) is 13.8 Å². The van der Waals surface area contributed by atoms with Gasteiger partial charge in [-0.05, 0) is 6.92 Å². The minimum atomic E-state index is -1.06. The number of carbonyl (C=O) groups excluding carboxylic acids is 1. The molecular weight excluding hydrogens is 172 g/mol. The zero-order valence-corrected chi connectivity index (χ0v) is 8.83. The van der Waals surface area contributed by atoms with E-state index >= 15 is 0 Å². The van der Waals surface area contributed by atoms with Gasteiger partial charge in [0.1, 0.15) is 0 Å². The molecule has 0 bridgehead atoms. The molecular formula is C9H18O4. The first-order valence-corrected chi connectivity index (χ1v) is 4.33. The highest BCUT2D eigenvalue weighted by molar-refractivity contribution is 5.66. The third-order valence-electron chi connectivity index (χ3n) is 1.80. The fourth-order valence-corrected chi connectivity index (χ4v) is 0.902. The molecule has 0 aliphatic heterocycles. The molecule has 0 aliphatic carbocycles. The Labute approximate surface area is 78.8 Å². The van der Waals surface area contributed by atoms with Crippen molar-refractivity contribution in [1.29, 1.82) is 0 Å². The molecule has 0 aromatic rings. The van der Waals surface area contributed by atoms with Crippen LogP contribution in [0.15, 0.2) is 0 Å². The third-order valence-corrected chi connectivity index (χ3v) is 1.80. The van der Waals surface area contributed by atoms with Crippen LogP contribution in [0, 0.1) is 5.92 Å². The summed E-state index contributed by atoms with van der Waals surface area (Å²) in [6.45, 7) is 8.12. The van der Waals surface area contributed by atoms with Gasteiger partial charge in [-0.1, -0.05) is 13.8 Å². The lowest BCUT2D eigenvalue weighted by molar-refractivity contribution is -0.290. The quantitative estimate of drug-likeness (QED) is 0.536. The van der Waals surface area contributed by atoms with Crippen LogP contribution in [0.3, 0.4) is 0 Å². The number of rotatable bonds is 4. The summed E-state index contributed by atoms with van der Waals surface area (Å²) in [6.07, 6.45) is -0.952. The van der Waals surface area contributed by atoms with Crippen molar-refractivity contribution in [2.45, 2.75) is 46.7 Å². The van der Waals surface area contributed by atoms with E-state index < -0.39 is 18.0 Å². The van der Waals surface area contributed by atoms with Crippen molar-refractivity contribution in [2.75, 3.05) is 0 Å². The summed E-state index contributed by atoms with van der Waals surface area (Å²) in [4.78, 5) is 10.8. The van der Waals surface area contributed by atoms with Gasteiger partial charge in [-0.2, -0.15) is 0 Å². The zero-order valence-electron chi connectivity index (χ0n) is 8.83. The van der Waals surface area contributed by atoms with Crippen LogP contribution in [-0.2, 0) is 14.3 Å². The van der Waals surface area contributed by atoms with E-state index in [2.05, 4.69) is 0 Å². The number of ether oxygens (including phenoxy) is 2. The maximum Gasteiger partial charge on any atom is 0.305 e. The van der Waals surface area contributed by atoms with Crippen molar-refractivity contribution in [3.05, 3.63) is 0 Å². The summed E-state index contributed by atoms with van der Waals surface area (Å²) in [6, 6.07) is 0. The monoisotopic (exact) mass is 190 g/mol. The van der Waals surface area contributed by atoms with Gasteiger partial charge in [-0.25, -0.2) is 0 Å². The van der Waals surface area contributed by atoms with Gasteiger partial charge in [0.15, 0.2) is 6.29 Å². The van der Waals surface area contributed by atoms with Crippen molar-refractivity contribution >= 4 is 5.97 Å². The van der Waals surface area contributed by atoms with Gasteiger partial charge in [0.05, 0.1) is 0 Å². The van der Waals surface area contributed by atoms with Crippen molar-refractivity contribution in [3.63, 3.8) is 0 Å². The fourth-order valence-electron chi connectivity index (χ4n) is 0.902. The van der Waals surface area contributed by atoms with E-state index in [-0.39, 0.29) is 5.92 Å². The molecule has 0 rings (SSSR count). The van der Waals surface area contributed by atoms with Gasteiger partial charge in [0, 0.05) is 19.8 Å². The molecule has 4 nitrogen and oxygen atoms in total. The molecule has 0 fully saturated rings. The van der Waals surface area contributed by atoms with E-state index in [4.69, 9.17) is 14.6 Å². The van der Waals surface area contributed by atoms with Crippen LogP contribution in [0.5, 0.6) is 0 Å². The molecule has 78 valence electrons. The Balaban J connectivity index is 4.43. The van der Waals surface area contributed by atoms with Crippen molar-refractivity contribution < 1.29 is 19.4 Å². The Bertz CT molecular complexity index is 176. The Morgan fingerprint density at radius 2 is 1.85 bits per heavy atom. The molecule has 0 amide bonds. The van der Waals surface area contributed by atoms with Crippen LogP contribution in [0.25, 0.3) is 0 Å². The molecule has 1 N–H and O–H groups in total. The smallest absolute Gasteiger partial charge is 0.305 e. The highest BCUT2D eigenvalue weighted by atomic mass is 16.8. The molecule has 0 radical (unpaired) electrons. The van der Waals surface area contributed by atoms with E-state index in [0.29, 0.717) is 0 Å². The lowest BCUT2D eigenvalue weighted by Crippen LogP contribution is -2.42. The van der Waals surface area contributed by atoms with Gasteiger partial charge in [0.25, 0.3) is 0 Å². The Hall–Kier alpha value is -0.610. The van der Waals surface area contributed by atoms with Gasteiger partial charge in [-0.15, -0.1) is 0 Å². The predicted octanol–water partition coefficient (Wildman–Crippen LogP) is 1.28. The average molecular weight is 190 g/mol. The standard InChI is InChI=1S/C9H18O4/c1-6(2)9(5,12-7(3)10)13-8(4)11/h6-7,10H,1-5H3. The van der Waals surface area contributed by atoms with Crippen LogP contribution >= 0.6 is 0 Å². The molecule has 2 atom stereocenters. The van der Waals surface area contributed by atoms with Crippen LogP contribution in [0.2, 0.25) is 0 Å². The summed E-state index contributed by atoms with van der Waals surface area (Å²) in [5.41, 5.74) is 0. The molecule has 0 spiro atoms. The molecule has 0 aromatic heterocycles. The Morgan fingerprint density at radius 3 is 2.08 bits per heavy atom. The van der Waals surface area contributed by atoms with Crippen LogP contribution < -0.4 is 0 Å². The minimum Gasteiger partial charge on any atom is -0.433 e. The lowest BCUT2D eigenvalue weighted by atomic mass is 10.1. The molecule has 0 heterocycles. The molecule has 0 aromatic carbocycles. The van der Waals surface area contributed by atoms with Gasteiger partial charge >= 0.3 is 5.97 Å². The molecule has 2 unspecified atom stereocenters. The largest absolute Gasteiger partial charge is 0.433 e. The summed E-state index contributed by atoms with van der Waals surface area (Å²) in [5.74, 6) is -1.50. The van der Waals surface area contributed by atoms with Crippen molar-refractivity contribution in [1.82, 2.24) is 0 Å². The zero-order chi connectivity index (χ0) is 10.6. The third kappa shape index (κ3) is 4.24. The van der Waals surface area contributed by atoms with E-state index in [1.54, 1.807) is 6.92 Å².